The van der Waals surface area contributed by atoms with Crippen LogP contribution in [0.5, 0.6) is 0 Å². The van der Waals surface area contributed by atoms with Crippen molar-refractivity contribution in [3.8, 4) is 0 Å². The second kappa shape index (κ2) is 8.31. The standard InChI is InChI=1S/C17H18ClN3O5/c18-13-4-3-12(10-14(13)21(23)24)17(22)19-11-15(16-2-1-7-26-16)20-5-8-25-9-6-20/h1-4,7,10,15H,5-6,8-9,11H2,(H,19,22). The van der Waals surface area contributed by atoms with Gasteiger partial charge in [0.05, 0.1) is 30.4 Å². The van der Waals surface area contributed by atoms with Crippen LogP contribution < -0.4 is 5.32 Å². The summed E-state index contributed by atoms with van der Waals surface area (Å²) in [7, 11) is 0. The maximum absolute atomic E-state index is 12.4. The molecule has 2 heterocycles. The minimum absolute atomic E-state index is 0.00618. The number of morpholine rings is 1. The highest BCUT2D eigenvalue weighted by Gasteiger charge is 2.25. The number of furan rings is 1. The average molecular weight is 380 g/mol. The fourth-order valence-electron chi connectivity index (χ4n) is 2.86. The van der Waals surface area contributed by atoms with Crippen molar-refractivity contribution in [3.05, 3.63) is 63.1 Å². The fraction of sp³-hybridized carbons (Fsp3) is 0.353. The molecule has 1 N–H and O–H groups in total. The zero-order chi connectivity index (χ0) is 18.5. The molecule has 1 saturated heterocycles. The summed E-state index contributed by atoms with van der Waals surface area (Å²) >= 11 is 5.79. The van der Waals surface area contributed by atoms with Gasteiger partial charge in [-0.2, -0.15) is 0 Å². The van der Waals surface area contributed by atoms with Crippen LogP contribution in [0.4, 0.5) is 5.69 Å². The van der Waals surface area contributed by atoms with Gasteiger partial charge in [0.25, 0.3) is 11.6 Å². The predicted octanol–water partition coefficient (Wildman–Crippen LogP) is 2.64. The molecule has 1 atom stereocenters. The van der Waals surface area contributed by atoms with Crippen LogP contribution in [0.15, 0.2) is 41.0 Å². The van der Waals surface area contributed by atoms with Gasteiger partial charge in [-0.05, 0) is 24.3 Å². The Labute approximate surface area is 154 Å². The number of nitro benzene ring substituents is 1. The quantitative estimate of drug-likeness (QED) is 0.612. The number of carbonyl (C=O) groups is 1. The number of nitrogens with one attached hydrogen (secondary N) is 1. The zero-order valence-corrected chi connectivity index (χ0v) is 14.6. The third kappa shape index (κ3) is 4.21. The minimum Gasteiger partial charge on any atom is -0.468 e. The first-order chi connectivity index (χ1) is 12.6. The van der Waals surface area contributed by atoms with Crippen LogP contribution >= 0.6 is 11.6 Å². The Morgan fingerprint density at radius 3 is 2.77 bits per heavy atom. The molecule has 1 unspecified atom stereocenters. The first kappa shape index (κ1) is 18.4. The van der Waals surface area contributed by atoms with Crippen molar-refractivity contribution in [2.45, 2.75) is 6.04 Å². The summed E-state index contributed by atoms with van der Waals surface area (Å²) < 4.78 is 10.9. The molecule has 1 aliphatic heterocycles. The predicted molar refractivity (Wildman–Crippen MR) is 94.3 cm³/mol. The van der Waals surface area contributed by atoms with Gasteiger partial charge in [0.2, 0.25) is 0 Å². The Balaban J connectivity index is 1.71. The first-order valence-electron chi connectivity index (χ1n) is 8.13. The molecule has 0 saturated carbocycles. The van der Waals surface area contributed by atoms with E-state index in [0.29, 0.717) is 19.8 Å². The maximum atomic E-state index is 12.4. The van der Waals surface area contributed by atoms with Gasteiger partial charge in [0.1, 0.15) is 10.8 Å². The molecule has 0 radical (unpaired) electrons. The molecule has 0 bridgehead atoms. The molecule has 1 amide bonds. The molecule has 0 aliphatic carbocycles. The number of carbonyl (C=O) groups excluding carboxylic acids is 1. The van der Waals surface area contributed by atoms with E-state index < -0.39 is 10.8 Å². The van der Waals surface area contributed by atoms with Crippen molar-refractivity contribution < 1.29 is 18.9 Å². The number of rotatable bonds is 6. The second-order valence-electron chi connectivity index (χ2n) is 5.81. The van der Waals surface area contributed by atoms with Crippen LogP contribution in [0.25, 0.3) is 0 Å². The van der Waals surface area contributed by atoms with Crippen molar-refractivity contribution in [1.82, 2.24) is 10.2 Å². The van der Waals surface area contributed by atoms with Crippen LogP contribution in [-0.2, 0) is 4.74 Å². The SMILES string of the molecule is O=C(NCC(c1ccco1)N1CCOCC1)c1ccc(Cl)c([N+](=O)[O-])c1. The van der Waals surface area contributed by atoms with Gasteiger partial charge in [0.15, 0.2) is 0 Å². The molecule has 138 valence electrons. The number of nitrogens with zero attached hydrogens (tertiary/aromatic N) is 2. The summed E-state index contributed by atoms with van der Waals surface area (Å²) in [5.41, 5.74) is -0.114. The van der Waals surface area contributed by atoms with E-state index in [1.165, 1.54) is 18.2 Å². The summed E-state index contributed by atoms with van der Waals surface area (Å²) in [6, 6.07) is 7.50. The molecular weight excluding hydrogens is 362 g/mol. The Morgan fingerprint density at radius 1 is 1.35 bits per heavy atom. The monoisotopic (exact) mass is 379 g/mol. The second-order valence-corrected chi connectivity index (χ2v) is 6.22. The van der Waals surface area contributed by atoms with Crippen molar-refractivity contribution in [1.29, 1.82) is 0 Å². The van der Waals surface area contributed by atoms with Crippen LogP contribution in [0.1, 0.15) is 22.2 Å². The lowest BCUT2D eigenvalue weighted by atomic mass is 10.1. The molecule has 0 spiro atoms. The number of nitro groups is 1. The number of benzene rings is 1. The zero-order valence-electron chi connectivity index (χ0n) is 13.9. The molecule has 8 nitrogen and oxygen atoms in total. The summed E-state index contributed by atoms with van der Waals surface area (Å²) in [4.78, 5) is 25.0. The molecule has 3 rings (SSSR count). The van der Waals surface area contributed by atoms with Gasteiger partial charge in [-0.3, -0.25) is 19.8 Å². The number of hydrogen-bond acceptors (Lipinski definition) is 6. The topological polar surface area (TPSA) is 97.9 Å². The Hall–Kier alpha value is -2.42. The maximum Gasteiger partial charge on any atom is 0.288 e. The van der Waals surface area contributed by atoms with Crippen molar-refractivity contribution in [2.24, 2.45) is 0 Å². The number of hydrogen-bond donors (Lipinski definition) is 1. The van der Waals surface area contributed by atoms with E-state index in [4.69, 9.17) is 20.8 Å². The lowest BCUT2D eigenvalue weighted by molar-refractivity contribution is -0.384. The lowest BCUT2D eigenvalue weighted by Gasteiger charge is -2.33. The van der Waals surface area contributed by atoms with Crippen molar-refractivity contribution in [3.63, 3.8) is 0 Å². The Morgan fingerprint density at radius 2 is 2.12 bits per heavy atom. The van der Waals surface area contributed by atoms with E-state index in [-0.39, 0.29) is 22.3 Å². The van der Waals surface area contributed by atoms with Gasteiger partial charge in [-0.25, -0.2) is 0 Å². The molecule has 9 heteroatoms. The fourth-order valence-corrected chi connectivity index (χ4v) is 3.05. The van der Waals surface area contributed by atoms with Gasteiger partial charge in [-0.15, -0.1) is 0 Å². The largest absolute Gasteiger partial charge is 0.468 e. The van der Waals surface area contributed by atoms with E-state index in [2.05, 4.69) is 10.2 Å². The van der Waals surface area contributed by atoms with Crippen molar-refractivity contribution in [2.75, 3.05) is 32.8 Å². The van der Waals surface area contributed by atoms with E-state index in [1.54, 1.807) is 12.3 Å². The lowest BCUT2D eigenvalue weighted by Crippen LogP contribution is -2.43. The normalized spacial score (nSPS) is 16.2. The third-order valence-corrected chi connectivity index (χ3v) is 4.54. The summed E-state index contributed by atoms with van der Waals surface area (Å²) in [6.45, 7) is 3.01. The highest BCUT2D eigenvalue weighted by Crippen LogP contribution is 2.25. The van der Waals surface area contributed by atoms with Gasteiger partial charge < -0.3 is 14.5 Å². The summed E-state index contributed by atoms with van der Waals surface area (Å²) in [5, 5.41) is 13.8. The summed E-state index contributed by atoms with van der Waals surface area (Å²) in [5.74, 6) is 0.337. The molecule has 26 heavy (non-hydrogen) atoms. The minimum atomic E-state index is -0.613. The molecule has 1 fully saturated rings. The van der Waals surface area contributed by atoms with E-state index in [0.717, 1.165) is 18.8 Å². The smallest absolute Gasteiger partial charge is 0.288 e. The third-order valence-electron chi connectivity index (χ3n) is 4.22. The molecule has 1 aliphatic rings. The van der Waals surface area contributed by atoms with Crippen LogP contribution in [0.2, 0.25) is 5.02 Å². The van der Waals surface area contributed by atoms with E-state index in [1.807, 2.05) is 6.07 Å². The highest BCUT2D eigenvalue weighted by molar-refractivity contribution is 6.32. The highest BCUT2D eigenvalue weighted by atomic mass is 35.5. The molecular formula is C17H18ClN3O5. The van der Waals surface area contributed by atoms with E-state index >= 15 is 0 Å². The molecule has 1 aromatic carbocycles. The number of ether oxygens (including phenoxy) is 1. The summed E-state index contributed by atoms with van der Waals surface area (Å²) in [6.07, 6.45) is 1.59. The number of halogens is 1. The molecule has 1 aromatic heterocycles. The van der Waals surface area contributed by atoms with Gasteiger partial charge in [0, 0.05) is 31.3 Å². The van der Waals surface area contributed by atoms with Crippen LogP contribution in [-0.4, -0.2) is 48.6 Å². The van der Waals surface area contributed by atoms with Crippen LogP contribution in [0, 0.1) is 10.1 Å². The molecule has 2 aromatic rings. The van der Waals surface area contributed by atoms with Crippen LogP contribution in [0.3, 0.4) is 0 Å². The average Bonchev–Trinajstić information content (AvgIpc) is 3.17. The van der Waals surface area contributed by atoms with E-state index in [9.17, 15) is 14.9 Å². The van der Waals surface area contributed by atoms with Gasteiger partial charge >= 0.3 is 0 Å². The van der Waals surface area contributed by atoms with Gasteiger partial charge in [-0.1, -0.05) is 11.6 Å². The Kier molecular flexibility index (Phi) is 5.87. The first-order valence-corrected chi connectivity index (χ1v) is 8.51. The Bertz CT molecular complexity index is 775. The van der Waals surface area contributed by atoms with Crippen molar-refractivity contribution >= 4 is 23.2 Å². The number of amides is 1.